The smallest absolute Gasteiger partial charge is 0.307 e. The van der Waals surface area contributed by atoms with E-state index in [1.807, 2.05) is 0 Å². The summed E-state index contributed by atoms with van der Waals surface area (Å²) in [6.45, 7) is 10.8. The fraction of sp³-hybridized carbons (Fsp3) is 0.900. The van der Waals surface area contributed by atoms with E-state index in [9.17, 15) is 9.59 Å². The second-order valence-electron chi connectivity index (χ2n) is 7.84. The first-order valence-electron chi connectivity index (χ1n) is 10.7. The highest BCUT2D eigenvalue weighted by atomic mass is 16.6. The highest BCUT2D eigenvalue weighted by Crippen LogP contribution is 2.02. The number of rotatable bonds is 12. The van der Waals surface area contributed by atoms with Crippen molar-refractivity contribution < 1.29 is 23.8 Å². The van der Waals surface area contributed by atoms with Gasteiger partial charge >= 0.3 is 11.9 Å². The van der Waals surface area contributed by atoms with Gasteiger partial charge in [0.1, 0.15) is 13.2 Å². The van der Waals surface area contributed by atoms with Gasteiger partial charge in [0.05, 0.1) is 26.1 Å². The van der Waals surface area contributed by atoms with E-state index in [1.165, 1.54) is 0 Å². The normalized spacial score (nSPS) is 19.9. The molecule has 2 aliphatic rings. The molecule has 2 fully saturated rings. The van der Waals surface area contributed by atoms with Crippen LogP contribution in [-0.4, -0.2) is 138 Å². The molecule has 9 heteroatoms. The van der Waals surface area contributed by atoms with Crippen LogP contribution in [0.5, 0.6) is 0 Å². The number of ether oxygens (including phenoxy) is 3. The summed E-state index contributed by atoms with van der Waals surface area (Å²) >= 11 is 0. The lowest BCUT2D eigenvalue weighted by Gasteiger charge is -2.32. The summed E-state index contributed by atoms with van der Waals surface area (Å²) in [4.78, 5) is 32.7. The third kappa shape index (κ3) is 10.9. The number of nitrogens with zero attached hydrogens (tertiary/aromatic N) is 4. The van der Waals surface area contributed by atoms with Gasteiger partial charge in [-0.25, -0.2) is 0 Å². The van der Waals surface area contributed by atoms with Crippen molar-refractivity contribution in [2.75, 3.05) is 106 Å². The number of carbonyl (C=O) groups excluding carboxylic acids is 2. The van der Waals surface area contributed by atoms with Crippen molar-refractivity contribution in [1.82, 2.24) is 19.6 Å². The van der Waals surface area contributed by atoms with E-state index in [-0.39, 0.29) is 25.2 Å². The summed E-state index contributed by atoms with van der Waals surface area (Å²) < 4.78 is 15.7. The van der Waals surface area contributed by atoms with Crippen molar-refractivity contribution in [3.8, 4) is 0 Å². The Labute approximate surface area is 174 Å². The van der Waals surface area contributed by atoms with E-state index in [4.69, 9.17) is 14.2 Å². The van der Waals surface area contributed by atoms with Gasteiger partial charge in [-0.15, -0.1) is 0 Å². The number of esters is 2. The maximum atomic E-state index is 11.8. The first-order chi connectivity index (χ1) is 14.0. The lowest BCUT2D eigenvalue weighted by Crippen LogP contribution is -2.45. The topological polar surface area (TPSA) is 74.8 Å². The zero-order chi connectivity index (χ0) is 20.9. The molecule has 0 aromatic rings. The molecule has 0 aromatic heterocycles. The summed E-state index contributed by atoms with van der Waals surface area (Å²) in [7, 11) is 4.22. The van der Waals surface area contributed by atoms with Crippen LogP contribution in [0.4, 0.5) is 0 Å². The van der Waals surface area contributed by atoms with E-state index in [2.05, 4.69) is 33.7 Å². The molecule has 9 nitrogen and oxygen atoms in total. The van der Waals surface area contributed by atoms with Crippen LogP contribution in [0.2, 0.25) is 0 Å². The minimum atomic E-state index is -0.192. The highest BCUT2D eigenvalue weighted by molar-refractivity contribution is 5.69. The predicted octanol–water partition coefficient (Wildman–Crippen LogP) is -0.636. The Morgan fingerprint density at radius 1 is 0.621 bits per heavy atom. The van der Waals surface area contributed by atoms with Gasteiger partial charge in [-0.3, -0.25) is 9.59 Å². The van der Waals surface area contributed by atoms with Crippen LogP contribution in [0.15, 0.2) is 0 Å². The minimum Gasteiger partial charge on any atom is -0.463 e. The first-order valence-corrected chi connectivity index (χ1v) is 10.7. The summed E-state index contributed by atoms with van der Waals surface area (Å²) in [5.74, 6) is -0.384. The van der Waals surface area contributed by atoms with E-state index in [0.717, 1.165) is 65.4 Å². The van der Waals surface area contributed by atoms with Crippen molar-refractivity contribution in [1.29, 1.82) is 0 Å². The van der Waals surface area contributed by atoms with Crippen molar-refractivity contribution in [2.45, 2.75) is 12.8 Å². The summed E-state index contributed by atoms with van der Waals surface area (Å²) in [6, 6.07) is 0. The lowest BCUT2D eigenvalue weighted by molar-refractivity contribution is -0.147. The van der Waals surface area contributed by atoms with Crippen LogP contribution < -0.4 is 0 Å². The zero-order valence-corrected chi connectivity index (χ0v) is 18.1. The molecule has 0 amide bonds. The van der Waals surface area contributed by atoms with E-state index in [1.54, 1.807) is 0 Å². The van der Waals surface area contributed by atoms with Crippen molar-refractivity contribution in [3.05, 3.63) is 0 Å². The van der Waals surface area contributed by atoms with Crippen molar-refractivity contribution >= 4 is 11.9 Å². The largest absolute Gasteiger partial charge is 0.463 e. The third-order valence-electron chi connectivity index (χ3n) is 5.44. The molecular formula is C20H38N4O5. The van der Waals surface area contributed by atoms with E-state index < -0.39 is 0 Å². The Bertz CT molecular complexity index is 435. The van der Waals surface area contributed by atoms with Gasteiger partial charge in [-0.2, -0.15) is 0 Å². The maximum absolute atomic E-state index is 11.8. The molecule has 0 aliphatic carbocycles. The van der Waals surface area contributed by atoms with Crippen molar-refractivity contribution in [2.24, 2.45) is 0 Å². The molecule has 0 unspecified atom stereocenters. The van der Waals surface area contributed by atoms with Gasteiger partial charge in [-0.05, 0) is 14.1 Å². The fourth-order valence-corrected chi connectivity index (χ4v) is 3.32. The van der Waals surface area contributed by atoms with Crippen LogP contribution in [0.25, 0.3) is 0 Å². The molecule has 2 aliphatic heterocycles. The molecule has 0 bridgehead atoms. The Kier molecular flexibility index (Phi) is 11.5. The zero-order valence-electron chi connectivity index (χ0n) is 18.1. The molecular weight excluding hydrogens is 376 g/mol. The average molecular weight is 415 g/mol. The van der Waals surface area contributed by atoms with Gasteiger partial charge in [0.2, 0.25) is 0 Å². The Balaban J connectivity index is 1.36. The third-order valence-corrected chi connectivity index (χ3v) is 5.44. The van der Waals surface area contributed by atoms with Crippen LogP contribution >= 0.6 is 0 Å². The molecule has 0 spiro atoms. The van der Waals surface area contributed by atoms with Crippen LogP contribution in [0.1, 0.15) is 12.8 Å². The minimum absolute atomic E-state index is 0.192. The SMILES string of the molecule is CN1CCN(CCC(=O)OCCOCCOC(=O)CCN2CCN(C)CC2)CC1. The first kappa shape index (κ1) is 24.0. The molecule has 168 valence electrons. The van der Waals surface area contributed by atoms with Gasteiger partial charge in [0, 0.05) is 65.4 Å². The molecule has 0 saturated carbocycles. The second-order valence-corrected chi connectivity index (χ2v) is 7.84. The average Bonchev–Trinajstić information content (AvgIpc) is 2.72. The number of hydrogen-bond acceptors (Lipinski definition) is 9. The van der Waals surface area contributed by atoms with Crippen molar-refractivity contribution in [3.63, 3.8) is 0 Å². The molecule has 2 rings (SSSR count). The summed E-state index contributed by atoms with van der Waals surface area (Å²) in [6.07, 6.45) is 0.823. The predicted molar refractivity (Wildman–Crippen MR) is 110 cm³/mol. The lowest BCUT2D eigenvalue weighted by atomic mass is 10.3. The molecule has 2 heterocycles. The number of carbonyl (C=O) groups is 2. The highest BCUT2D eigenvalue weighted by Gasteiger charge is 2.16. The van der Waals surface area contributed by atoms with Crippen LogP contribution in [-0.2, 0) is 23.8 Å². The molecule has 0 N–H and O–H groups in total. The van der Waals surface area contributed by atoms with Crippen LogP contribution in [0, 0.1) is 0 Å². The second kappa shape index (κ2) is 13.9. The van der Waals surface area contributed by atoms with Gasteiger partial charge < -0.3 is 33.8 Å². The fourth-order valence-electron chi connectivity index (χ4n) is 3.32. The number of piperazine rings is 2. The Morgan fingerprint density at radius 3 is 1.38 bits per heavy atom. The number of hydrogen-bond donors (Lipinski definition) is 0. The summed E-state index contributed by atoms with van der Waals surface area (Å²) in [5, 5.41) is 0. The van der Waals surface area contributed by atoms with E-state index in [0.29, 0.717) is 26.1 Å². The molecule has 29 heavy (non-hydrogen) atoms. The van der Waals surface area contributed by atoms with Gasteiger partial charge in [0.25, 0.3) is 0 Å². The molecule has 0 atom stereocenters. The van der Waals surface area contributed by atoms with Gasteiger partial charge in [-0.1, -0.05) is 0 Å². The molecule has 0 aromatic carbocycles. The number of likely N-dealkylation sites (N-methyl/N-ethyl adjacent to an activating group) is 2. The maximum Gasteiger partial charge on any atom is 0.307 e. The van der Waals surface area contributed by atoms with Crippen LogP contribution in [0.3, 0.4) is 0 Å². The van der Waals surface area contributed by atoms with Gasteiger partial charge in [0.15, 0.2) is 0 Å². The molecule has 0 radical (unpaired) electrons. The quantitative estimate of drug-likeness (QED) is 0.306. The Hall–Kier alpha value is -1.26. The van der Waals surface area contributed by atoms with E-state index >= 15 is 0 Å². The summed E-state index contributed by atoms with van der Waals surface area (Å²) in [5.41, 5.74) is 0. The monoisotopic (exact) mass is 414 g/mol. The molecule has 2 saturated heterocycles. The standard InChI is InChI=1S/C20H38N4O5/c1-21-7-11-23(12-8-21)5-3-19(25)28-17-15-27-16-18-29-20(26)4-6-24-13-9-22(2)10-14-24/h3-18H2,1-2H3. The Morgan fingerprint density at radius 2 is 1.00 bits per heavy atom.